The molecule has 0 radical (unpaired) electrons. The van der Waals surface area contributed by atoms with Gasteiger partial charge in [0.25, 0.3) is 0 Å². The summed E-state index contributed by atoms with van der Waals surface area (Å²) in [4.78, 5) is 42.7. The predicted octanol–water partition coefficient (Wildman–Crippen LogP) is 2.66. The molecule has 1 atom stereocenters. The summed E-state index contributed by atoms with van der Waals surface area (Å²) < 4.78 is 21.8. The Hall–Kier alpha value is -3.16. The molecule has 0 aliphatic carbocycles. The van der Waals surface area contributed by atoms with E-state index in [1.165, 1.54) is 0 Å². The van der Waals surface area contributed by atoms with E-state index in [-0.39, 0.29) is 35.8 Å². The molecule has 0 aromatic heterocycles. The van der Waals surface area contributed by atoms with E-state index in [4.69, 9.17) is 18.9 Å². The number of hydrogen-bond acceptors (Lipinski definition) is 8. The molecule has 0 saturated carbocycles. The summed E-state index contributed by atoms with van der Waals surface area (Å²) in [6.45, 7) is 8.80. The van der Waals surface area contributed by atoms with Crippen molar-refractivity contribution in [1.29, 1.82) is 0 Å². The molecule has 8 nitrogen and oxygen atoms in total. The van der Waals surface area contributed by atoms with Gasteiger partial charge in [-0.1, -0.05) is 12.1 Å². The summed E-state index contributed by atoms with van der Waals surface area (Å²) in [6.07, 6.45) is 0. The van der Waals surface area contributed by atoms with Crippen LogP contribution in [0, 0.1) is 0 Å². The topological polar surface area (TPSA) is 100 Å². The second-order valence-electron chi connectivity index (χ2n) is 7.43. The van der Waals surface area contributed by atoms with E-state index in [2.05, 4.69) is 4.99 Å². The van der Waals surface area contributed by atoms with Crippen molar-refractivity contribution in [2.24, 2.45) is 4.99 Å². The van der Waals surface area contributed by atoms with E-state index >= 15 is 0 Å². The fourth-order valence-corrected chi connectivity index (χ4v) is 3.18. The number of esters is 3. The van der Waals surface area contributed by atoms with Crippen molar-refractivity contribution in [2.45, 2.75) is 45.9 Å². The summed E-state index contributed by atoms with van der Waals surface area (Å²) in [5.74, 6) is -4.42. The number of ether oxygens (including phenoxy) is 4. The van der Waals surface area contributed by atoms with E-state index in [0.29, 0.717) is 5.56 Å². The molecule has 2 heterocycles. The molecular weight excluding hydrogens is 378 g/mol. The van der Waals surface area contributed by atoms with Crippen LogP contribution in [0.15, 0.2) is 40.4 Å². The van der Waals surface area contributed by atoms with E-state index < -0.39 is 29.2 Å². The molecule has 8 heteroatoms. The third-order valence-corrected chi connectivity index (χ3v) is 4.17. The van der Waals surface area contributed by atoms with Crippen LogP contribution in [0.2, 0.25) is 0 Å². The highest BCUT2D eigenvalue weighted by Crippen LogP contribution is 2.49. The number of benzene rings is 1. The second-order valence-corrected chi connectivity index (χ2v) is 7.43. The van der Waals surface area contributed by atoms with Gasteiger partial charge in [-0.15, -0.1) is 0 Å². The third kappa shape index (κ3) is 3.50. The minimum absolute atomic E-state index is 0.0514. The van der Waals surface area contributed by atoms with Gasteiger partial charge < -0.3 is 18.9 Å². The molecule has 154 valence electrons. The first-order chi connectivity index (χ1) is 13.6. The maximum atomic E-state index is 12.9. The molecule has 0 N–H and O–H groups in total. The van der Waals surface area contributed by atoms with Crippen LogP contribution in [0.1, 0.15) is 50.5 Å². The number of carbonyl (C=O) groups excluding carboxylic acids is 3. The van der Waals surface area contributed by atoms with Crippen molar-refractivity contribution < 1.29 is 33.3 Å². The smallest absolute Gasteiger partial charge is 0.344 e. The summed E-state index contributed by atoms with van der Waals surface area (Å²) in [5.41, 5.74) is -0.576. The Morgan fingerprint density at radius 1 is 1.03 bits per heavy atom. The predicted molar refractivity (Wildman–Crippen MR) is 102 cm³/mol. The first-order valence-electron chi connectivity index (χ1n) is 9.35. The molecule has 29 heavy (non-hydrogen) atoms. The maximum Gasteiger partial charge on any atom is 0.344 e. The zero-order chi connectivity index (χ0) is 21.4. The molecule has 0 saturated heterocycles. The molecule has 1 aromatic rings. The summed E-state index contributed by atoms with van der Waals surface area (Å²) in [5, 5.41) is 0. The molecule has 0 fully saturated rings. The van der Waals surface area contributed by atoms with Gasteiger partial charge in [-0.05, 0) is 46.8 Å². The largest absolute Gasteiger partial charge is 0.462 e. The molecular formula is C21H23NO7. The normalized spacial score (nSPS) is 21.8. The van der Waals surface area contributed by atoms with Crippen molar-refractivity contribution in [3.8, 4) is 0 Å². The Morgan fingerprint density at radius 2 is 1.66 bits per heavy atom. The van der Waals surface area contributed by atoms with E-state index in [1.54, 1.807) is 58.9 Å². The number of fused-ring (bicyclic) bond motifs is 2. The van der Waals surface area contributed by atoms with E-state index in [1.807, 2.05) is 0 Å². The van der Waals surface area contributed by atoms with Gasteiger partial charge in [0.2, 0.25) is 5.90 Å². The van der Waals surface area contributed by atoms with Gasteiger partial charge in [-0.3, -0.25) is 0 Å². The monoisotopic (exact) mass is 401 g/mol. The third-order valence-electron chi connectivity index (χ3n) is 4.17. The van der Waals surface area contributed by atoms with Crippen molar-refractivity contribution in [3.63, 3.8) is 0 Å². The quantitative estimate of drug-likeness (QED) is 0.565. The Kier molecular flexibility index (Phi) is 5.21. The summed E-state index contributed by atoms with van der Waals surface area (Å²) in [6, 6.07) is 6.50. The highest BCUT2D eigenvalue weighted by atomic mass is 16.7. The zero-order valence-corrected chi connectivity index (χ0v) is 17.0. The van der Waals surface area contributed by atoms with Crippen LogP contribution in [-0.4, -0.2) is 42.6 Å². The van der Waals surface area contributed by atoms with Gasteiger partial charge >= 0.3 is 23.7 Å². The van der Waals surface area contributed by atoms with Crippen molar-refractivity contribution in [1.82, 2.24) is 0 Å². The average Bonchev–Trinajstić information content (AvgIpc) is 3.09. The Bertz CT molecular complexity index is 939. The van der Waals surface area contributed by atoms with E-state index in [9.17, 15) is 14.4 Å². The van der Waals surface area contributed by atoms with Crippen molar-refractivity contribution >= 4 is 23.8 Å². The van der Waals surface area contributed by atoms with Gasteiger partial charge in [0, 0.05) is 0 Å². The first kappa shape index (κ1) is 20.6. The standard InChI is InChI=1S/C21H23NO7/c1-6-26-18(24)14-15(19(25)27-7-2)21(28-16(14)22-20(3,4)5)13-11-9-8-10-12(13)17(23)29-21/h8-11H,6-7H2,1-5H3. The lowest BCUT2D eigenvalue weighted by Gasteiger charge is -2.25. The lowest BCUT2D eigenvalue weighted by atomic mass is 9.94. The minimum Gasteiger partial charge on any atom is -0.462 e. The Labute approximate surface area is 168 Å². The molecule has 0 bridgehead atoms. The molecule has 0 amide bonds. The fraction of sp³-hybridized carbons (Fsp3) is 0.429. The average molecular weight is 401 g/mol. The van der Waals surface area contributed by atoms with Crippen LogP contribution in [0.3, 0.4) is 0 Å². The highest BCUT2D eigenvalue weighted by Gasteiger charge is 2.61. The molecule has 3 rings (SSSR count). The van der Waals surface area contributed by atoms with E-state index in [0.717, 1.165) is 0 Å². The number of rotatable bonds is 4. The summed E-state index contributed by atoms with van der Waals surface area (Å²) in [7, 11) is 0. The molecule has 1 aromatic carbocycles. The Balaban J connectivity index is 2.33. The molecule has 2 aliphatic rings. The van der Waals surface area contributed by atoms with Gasteiger partial charge in [0.15, 0.2) is 0 Å². The highest BCUT2D eigenvalue weighted by molar-refractivity contribution is 6.24. The van der Waals surface area contributed by atoms with Gasteiger partial charge in [-0.25, -0.2) is 19.4 Å². The van der Waals surface area contributed by atoms with Crippen LogP contribution in [0.5, 0.6) is 0 Å². The maximum absolute atomic E-state index is 12.9. The summed E-state index contributed by atoms with van der Waals surface area (Å²) >= 11 is 0. The zero-order valence-electron chi connectivity index (χ0n) is 17.0. The van der Waals surface area contributed by atoms with Crippen LogP contribution >= 0.6 is 0 Å². The van der Waals surface area contributed by atoms with Gasteiger partial charge in [0.05, 0.1) is 29.9 Å². The molecule has 1 spiro atoms. The number of carbonyl (C=O) groups is 3. The number of aliphatic imine (C=N–C) groups is 1. The fourth-order valence-electron chi connectivity index (χ4n) is 3.18. The van der Waals surface area contributed by atoms with Crippen LogP contribution in [0.4, 0.5) is 0 Å². The molecule has 1 unspecified atom stereocenters. The SMILES string of the molecule is CCOC(=O)C1=C(C(=O)OCC)C2(OC(=O)c3ccccc32)OC1=NC(C)(C)C. The van der Waals surface area contributed by atoms with Crippen LogP contribution in [0.25, 0.3) is 0 Å². The molecule has 2 aliphatic heterocycles. The van der Waals surface area contributed by atoms with Crippen LogP contribution < -0.4 is 0 Å². The number of hydrogen-bond donors (Lipinski definition) is 0. The van der Waals surface area contributed by atoms with Gasteiger partial charge in [0.1, 0.15) is 11.1 Å². The second kappa shape index (κ2) is 7.35. The van der Waals surface area contributed by atoms with Crippen molar-refractivity contribution in [3.05, 3.63) is 46.5 Å². The number of nitrogens with zero attached hydrogens (tertiary/aromatic N) is 1. The van der Waals surface area contributed by atoms with Crippen LogP contribution in [-0.2, 0) is 34.3 Å². The van der Waals surface area contributed by atoms with Gasteiger partial charge in [-0.2, -0.15) is 0 Å². The first-order valence-corrected chi connectivity index (χ1v) is 9.35. The lowest BCUT2D eigenvalue weighted by Crippen LogP contribution is -2.34. The van der Waals surface area contributed by atoms with Crippen molar-refractivity contribution in [2.75, 3.05) is 13.2 Å². The Morgan fingerprint density at radius 3 is 2.28 bits per heavy atom. The minimum atomic E-state index is -1.95. The lowest BCUT2D eigenvalue weighted by molar-refractivity contribution is -0.152.